The van der Waals surface area contributed by atoms with E-state index in [2.05, 4.69) is 5.16 Å². The fourth-order valence-corrected chi connectivity index (χ4v) is 1.86. The summed E-state index contributed by atoms with van der Waals surface area (Å²) < 4.78 is 0. The van der Waals surface area contributed by atoms with Gasteiger partial charge in [0, 0.05) is 6.04 Å². The highest BCUT2D eigenvalue weighted by Gasteiger charge is 2.30. The van der Waals surface area contributed by atoms with Gasteiger partial charge in [0.2, 0.25) is 11.1 Å². The molecule has 1 aliphatic heterocycles. The van der Waals surface area contributed by atoms with Gasteiger partial charge in [-0.3, -0.25) is 9.69 Å². The molecule has 1 amide bonds. The Labute approximate surface area is 69.2 Å². The van der Waals surface area contributed by atoms with Crippen LogP contribution in [0.25, 0.3) is 0 Å². The first kappa shape index (κ1) is 8.39. The minimum Gasteiger partial charge on any atom is -0.409 e. The maximum Gasteiger partial charge on any atom is 0.239 e. The number of amides is 1. The molecule has 0 aromatic heterocycles. The molecule has 0 atom stereocenters. The third-order valence-corrected chi connectivity index (χ3v) is 2.33. The molecule has 4 nitrogen and oxygen atoms in total. The van der Waals surface area contributed by atoms with Crippen LogP contribution in [-0.2, 0) is 4.79 Å². The van der Waals surface area contributed by atoms with Crippen molar-refractivity contribution in [3.05, 3.63) is 0 Å². The van der Waals surface area contributed by atoms with Crippen LogP contribution in [-0.4, -0.2) is 33.0 Å². The van der Waals surface area contributed by atoms with Gasteiger partial charge in [-0.2, -0.15) is 0 Å². The topological polar surface area (TPSA) is 52.9 Å². The Balaban J connectivity index is 2.80. The minimum atomic E-state index is 0.0119. The molecule has 1 fully saturated rings. The number of carbonyl (C=O) groups is 1. The highest BCUT2D eigenvalue weighted by atomic mass is 32.2. The molecule has 62 valence electrons. The van der Waals surface area contributed by atoms with Crippen molar-refractivity contribution in [2.75, 3.05) is 5.75 Å². The second-order valence-electron chi connectivity index (χ2n) is 2.53. The third kappa shape index (κ3) is 1.48. The summed E-state index contributed by atoms with van der Waals surface area (Å²) in [5, 5.41) is 11.9. The van der Waals surface area contributed by atoms with Gasteiger partial charge in [-0.15, -0.1) is 0 Å². The number of thioether (sulfide) groups is 1. The average molecular weight is 174 g/mol. The fraction of sp³-hybridized carbons (Fsp3) is 0.667. The second-order valence-corrected chi connectivity index (χ2v) is 3.47. The van der Waals surface area contributed by atoms with Gasteiger partial charge < -0.3 is 5.21 Å². The van der Waals surface area contributed by atoms with Crippen LogP contribution >= 0.6 is 11.8 Å². The molecule has 5 heteroatoms. The van der Waals surface area contributed by atoms with Gasteiger partial charge in [-0.05, 0) is 13.8 Å². The van der Waals surface area contributed by atoms with Crippen LogP contribution in [0.4, 0.5) is 0 Å². The molecule has 0 unspecified atom stereocenters. The number of oxime groups is 1. The normalized spacial score (nSPS) is 22.3. The number of hydrogen-bond acceptors (Lipinski definition) is 4. The standard InChI is InChI=1S/C6H10N2O2S/c1-4(2)8-5(9)3-11-6(8)7-10/h4,10H,3H2,1-2H3. The van der Waals surface area contributed by atoms with Crippen LogP contribution in [0, 0.1) is 0 Å². The summed E-state index contributed by atoms with van der Waals surface area (Å²) in [6.45, 7) is 3.77. The van der Waals surface area contributed by atoms with E-state index in [1.54, 1.807) is 0 Å². The summed E-state index contributed by atoms with van der Waals surface area (Å²) >= 11 is 1.26. The van der Waals surface area contributed by atoms with Gasteiger partial charge in [-0.25, -0.2) is 0 Å². The zero-order valence-electron chi connectivity index (χ0n) is 6.44. The van der Waals surface area contributed by atoms with Crippen molar-refractivity contribution in [2.45, 2.75) is 19.9 Å². The van der Waals surface area contributed by atoms with E-state index in [0.717, 1.165) is 0 Å². The molecule has 0 bridgehead atoms. The Hall–Kier alpha value is -0.710. The maximum absolute atomic E-state index is 11.1. The van der Waals surface area contributed by atoms with Gasteiger partial charge >= 0.3 is 0 Å². The fourth-order valence-electron chi connectivity index (χ4n) is 0.958. The molecular weight excluding hydrogens is 164 g/mol. The Kier molecular flexibility index (Phi) is 2.38. The largest absolute Gasteiger partial charge is 0.409 e. The molecule has 0 radical (unpaired) electrons. The molecule has 0 spiro atoms. The van der Waals surface area contributed by atoms with Crippen molar-refractivity contribution in [1.82, 2.24) is 4.90 Å². The van der Waals surface area contributed by atoms with E-state index < -0.39 is 0 Å². The molecule has 0 saturated carbocycles. The van der Waals surface area contributed by atoms with Crippen LogP contribution in [0.2, 0.25) is 0 Å². The number of amidine groups is 1. The predicted molar refractivity (Wildman–Crippen MR) is 43.7 cm³/mol. The summed E-state index contributed by atoms with van der Waals surface area (Å²) in [5.41, 5.74) is 0. The first-order valence-electron chi connectivity index (χ1n) is 3.33. The van der Waals surface area contributed by atoms with Crippen molar-refractivity contribution in [2.24, 2.45) is 5.16 Å². The van der Waals surface area contributed by atoms with E-state index in [0.29, 0.717) is 10.9 Å². The molecular formula is C6H10N2O2S. The van der Waals surface area contributed by atoms with Crippen molar-refractivity contribution >= 4 is 22.8 Å². The Morgan fingerprint density at radius 3 is 2.73 bits per heavy atom. The summed E-state index contributed by atoms with van der Waals surface area (Å²) in [6.07, 6.45) is 0. The number of carbonyl (C=O) groups excluding carboxylic acids is 1. The van der Waals surface area contributed by atoms with Gasteiger partial charge in [-0.1, -0.05) is 16.9 Å². The number of rotatable bonds is 1. The minimum absolute atomic E-state index is 0.0119. The van der Waals surface area contributed by atoms with E-state index in [4.69, 9.17) is 5.21 Å². The van der Waals surface area contributed by atoms with Crippen LogP contribution in [0.5, 0.6) is 0 Å². The molecule has 11 heavy (non-hydrogen) atoms. The molecule has 0 aromatic rings. The van der Waals surface area contributed by atoms with Gasteiger partial charge in [0.05, 0.1) is 5.75 Å². The molecule has 0 aliphatic carbocycles. The highest BCUT2D eigenvalue weighted by molar-refractivity contribution is 8.15. The summed E-state index contributed by atoms with van der Waals surface area (Å²) in [4.78, 5) is 12.6. The first-order chi connectivity index (χ1) is 5.16. The summed E-state index contributed by atoms with van der Waals surface area (Å²) in [6, 6.07) is 0.0726. The molecule has 0 aromatic carbocycles. The van der Waals surface area contributed by atoms with Crippen LogP contribution in [0.3, 0.4) is 0 Å². The lowest BCUT2D eigenvalue weighted by molar-refractivity contribution is -0.125. The lowest BCUT2D eigenvalue weighted by Crippen LogP contribution is -2.35. The zero-order valence-corrected chi connectivity index (χ0v) is 7.26. The average Bonchev–Trinajstić information content (AvgIpc) is 2.30. The SMILES string of the molecule is CC(C)N1C(=O)CSC1=NO. The van der Waals surface area contributed by atoms with Crippen molar-refractivity contribution < 1.29 is 10.0 Å². The van der Waals surface area contributed by atoms with Crippen LogP contribution < -0.4 is 0 Å². The molecule has 1 rings (SSSR count). The monoisotopic (exact) mass is 174 g/mol. The molecule has 1 aliphatic rings. The number of hydrogen-bond donors (Lipinski definition) is 1. The lowest BCUT2D eigenvalue weighted by Gasteiger charge is -2.18. The zero-order chi connectivity index (χ0) is 8.43. The van der Waals surface area contributed by atoms with Gasteiger partial charge in [0.15, 0.2) is 0 Å². The van der Waals surface area contributed by atoms with Gasteiger partial charge in [0.1, 0.15) is 0 Å². The predicted octanol–water partition coefficient (Wildman–Crippen LogP) is 0.715. The van der Waals surface area contributed by atoms with Crippen LogP contribution in [0.15, 0.2) is 5.16 Å². The van der Waals surface area contributed by atoms with Crippen molar-refractivity contribution in [3.63, 3.8) is 0 Å². The quantitative estimate of drug-likeness (QED) is 0.470. The Morgan fingerprint density at radius 2 is 2.36 bits per heavy atom. The molecule has 1 saturated heterocycles. The molecule has 1 N–H and O–H groups in total. The smallest absolute Gasteiger partial charge is 0.239 e. The number of nitrogens with zero attached hydrogens (tertiary/aromatic N) is 2. The molecule has 1 heterocycles. The summed E-state index contributed by atoms with van der Waals surface area (Å²) in [7, 11) is 0. The first-order valence-corrected chi connectivity index (χ1v) is 4.32. The van der Waals surface area contributed by atoms with E-state index in [-0.39, 0.29) is 11.9 Å². The summed E-state index contributed by atoms with van der Waals surface area (Å²) in [5.74, 6) is 0.398. The van der Waals surface area contributed by atoms with E-state index in [1.807, 2.05) is 13.8 Å². The lowest BCUT2D eigenvalue weighted by atomic mass is 10.3. The Morgan fingerprint density at radius 1 is 1.73 bits per heavy atom. The van der Waals surface area contributed by atoms with E-state index >= 15 is 0 Å². The van der Waals surface area contributed by atoms with Crippen molar-refractivity contribution in [1.29, 1.82) is 0 Å². The van der Waals surface area contributed by atoms with E-state index in [9.17, 15) is 4.79 Å². The van der Waals surface area contributed by atoms with Gasteiger partial charge in [0.25, 0.3) is 0 Å². The van der Waals surface area contributed by atoms with Crippen molar-refractivity contribution in [3.8, 4) is 0 Å². The third-order valence-electron chi connectivity index (χ3n) is 1.40. The van der Waals surface area contributed by atoms with E-state index in [1.165, 1.54) is 16.7 Å². The van der Waals surface area contributed by atoms with Crippen LogP contribution in [0.1, 0.15) is 13.8 Å². The second kappa shape index (κ2) is 3.13. The highest BCUT2D eigenvalue weighted by Crippen LogP contribution is 2.20. The Bertz CT molecular complexity index is 203. The maximum atomic E-state index is 11.1.